The highest BCUT2D eigenvalue weighted by atomic mass is 19.1. The number of carbonyl (C=O) groups is 2. The van der Waals surface area contributed by atoms with Gasteiger partial charge in [-0.2, -0.15) is 5.10 Å². The molecule has 1 saturated carbocycles. The Morgan fingerprint density at radius 3 is 2.69 bits per heavy atom. The highest BCUT2D eigenvalue weighted by molar-refractivity contribution is 5.93. The van der Waals surface area contributed by atoms with Gasteiger partial charge in [0.05, 0.1) is 17.6 Å². The number of ether oxygens (including phenoxy) is 1. The molecule has 8 heteroatoms. The van der Waals surface area contributed by atoms with Crippen molar-refractivity contribution in [2.45, 2.75) is 38.7 Å². The molecule has 1 aromatic heterocycles. The van der Waals surface area contributed by atoms with E-state index in [1.54, 1.807) is 31.3 Å². The molecule has 36 heavy (non-hydrogen) atoms. The number of hydrogen-bond donors (Lipinski definition) is 1. The smallest absolute Gasteiger partial charge is 0.410 e. The Morgan fingerprint density at radius 1 is 1.19 bits per heavy atom. The summed E-state index contributed by atoms with van der Waals surface area (Å²) in [4.78, 5) is 26.6. The molecule has 2 aliphatic rings. The molecule has 2 unspecified atom stereocenters. The molecule has 3 aromatic rings. The van der Waals surface area contributed by atoms with Crippen molar-refractivity contribution in [3.8, 4) is 5.69 Å². The van der Waals surface area contributed by atoms with E-state index in [9.17, 15) is 14.0 Å². The largest absolute Gasteiger partial charge is 0.445 e. The number of aromatic nitrogens is 2. The van der Waals surface area contributed by atoms with Gasteiger partial charge in [-0.1, -0.05) is 30.7 Å². The van der Waals surface area contributed by atoms with Crippen molar-refractivity contribution in [3.05, 3.63) is 83.4 Å². The number of nitrogens with zero attached hydrogens (tertiary/aromatic N) is 3. The van der Waals surface area contributed by atoms with E-state index in [0.29, 0.717) is 12.1 Å². The Kier molecular flexibility index (Phi) is 6.35. The number of rotatable bonds is 5. The third-order valence-electron chi connectivity index (χ3n) is 7.18. The summed E-state index contributed by atoms with van der Waals surface area (Å²) in [6, 6.07) is 15.4. The quantitative estimate of drug-likeness (QED) is 0.535. The number of benzene rings is 2. The minimum absolute atomic E-state index is 0.103. The van der Waals surface area contributed by atoms with Crippen molar-refractivity contribution in [3.63, 3.8) is 0 Å². The molecule has 0 spiro atoms. The van der Waals surface area contributed by atoms with Gasteiger partial charge in [0.1, 0.15) is 18.5 Å². The van der Waals surface area contributed by atoms with Crippen LogP contribution in [-0.2, 0) is 16.0 Å². The third kappa shape index (κ3) is 4.63. The second kappa shape index (κ2) is 9.60. The van der Waals surface area contributed by atoms with Gasteiger partial charge in [-0.05, 0) is 73.7 Å². The monoisotopic (exact) mass is 488 g/mol. The van der Waals surface area contributed by atoms with E-state index in [2.05, 4.69) is 23.4 Å². The fourth-order valence-electron chi connectivity index (χ4n) is 5.19. The first-order valence-corrected chi connectivity index (χ1v) is 12.1. The first kappa shape index (κ1) is 23.8. The number of amides is 2. The van der Waals surface area contributed by atoms with E-state index in [-0.39, 0.29) is 29.8 Å². The molecule has 2 aromatic carbocycles. The molecule has 2 amide bonds. The molecule has 0 bridgehead atoms. The lowest BCUT2D eigenvalue weighted by molar-refractivity contribution is -0.117. The molecule has 186 valence electrons. The van der Waals surface area contributed by atoms with Gasteiger partial charge in [-0.15, -0.1) is 0 Å². The summed E-state index contributed by atoms with van der Waals surface area (Å²) in [5.41, 5.74) is 4.38. The Labute approximate surface area is 209 Å². The number of carbonyl (C=O) groups excluding carboxylic acids is 2. The van der Waals surface area contributed by atoms with Crippen molar-refractivity contribution < 1.29 is 18.7 Å². The number of anilines is 1. The zero-order valence-electron chi connectivity index (χ0n) is 20.4. The molecule has 0 aliphatic heterocycles. The zero-order valence-corrected chi connectivity index (χ0v) is 20.4. The van der Waals surface area contributed by atoms with Gasteiger partial charge in [0.2, 0.25) is 5.91 Å². The molecule has 7 nitrogen and oxygen atoms in total. The van der Waals surface area contributed by atoms with Gasteiger partial charge in [0.15, 0.2) is 0 Å². The standard InChI is InChI=1S/C28H29FN4O3/c1-28-16-19-17-30-33(23-13-11-21(29)12-14-23)24(19)15-20(28)7-6-10-25(28)36-27(35)32(2)18-26(34)31-22-8-4-3-5-9-22/h3-5,8-9,11-15,17,25H,6-7,10,16,18H2,1-2H3,(H,31,34). The summed E-state index contributed by atoms with van der Waals surface area (Å²) in [6.07, 6.45) is 6.41. The van der Waals surface area contributed by atoms with Gasteiger partial charge < -0.3 is 15.0 Å². The van der Waals surface area contributed by atoms with Crippen LogP contribution in [-0.4, -0.2) is 46.4 Å². The summed E-state index contributed by atoms with van der Waals surface area (Å²) < 4.78 is 21.2. The molecule has 1 heterocycles. The second-order valence-electron chi connectivity index (χ2n) is 9.74. The predicted octanol–water partition coefficient (Wildman–Crippen LogP) is 5.22. The molecule has 1 fully saturated rings. The van der Waals surface area contributed by atoms with E-state index >= 15 is 0 Å². The summed E-state index contributed by atoms with van der Waals surface area (Å²) in [5.74, 6) is -0.572. The van der Waals surface area contributed by atoms with Crippen LogP contribution < -0.4 is 5.32 Å². The number of halogens is 1. The first-order chi connectivity index (χ1) is 17.3. The van der Waals surface area contributed by atoms with Crippen LogP contribution in [0.15, 0.2) is 66.4 Å². The maximum atomic E-state index is 13.4. The van der Waals surface area contributed by atoms with E-state index < -0.39 is 6.09 Å². The lowest BCUT2D eigenvalue weighted by Gasteiger charge is -2.45. The Balaban J connectivity index is 1.29. The molecular weight excluding hydrogens is 459 g/mol. The van der Waals surface area contributed by atoms with E-state index in [1.165, 1.54) is 22.6 Å². The van der Waals surface area contributed by atoms with Crippen LogP contribution in [0.3, 0.4) is 0 Å². The van der Waals surface area contributed by atoms with Crippen molar-refractivity contribution >= 4 is 23.8 Å². The van der Waals surface area contributed by atoms with E-state index in [0.717, 1.165) is 36.2 Å². The normalized spacial score (nSPS) is 20.5. The lowest BCUT2D eigenvalue weighted by atomic mass is 9.64. The van der Waals surface area contributed by atoms with Crippen molar-refractivity contribution in [2.75, 3.05) is 18.9 Å². The van der Waals surface area contributed by atoms with Crippen LogP contribution in [0.25, 0.3) is 11.8 Å². The Hall–Kier alpha value is -3.94. The molecular formula is C28H29FN4O3. The molecule has 2 atom stereocenters. The molecule has 0 radical (unpaired) electrons. The minimum Gasteiger partial charge on any atom is -0.445 e. The number of para-hydroxylation sites is 1. The second-order valence-corrected chi connectivity index (χ2v) is 9.74. The van der Waals surface area contributed by atoms with Crippen LogP contribution in [0, 0.1) is 11.2 Å². The summed E-state index contributed by atoms with van der Waals surface area (Å²) in [7, 11) is 1.57. The van der Waals surface area contributed by atoms with E-state index in [1.807, 2.05) is 29.1 Å². The Morgan fingerprint density at radius 2 is 1.94 bits per heavy atom. The zero-order chi connectivity index (χ0) is 25.3. The third-order valence-corrected chi connectivity index (χ3v) is 7.18. The fourth-order valence-corrected chi connectivity index (χ4v) is 5.19. The molecule has 5 rings (SSSR count). The first-order valence-electron chi connectivity index (χ1n) is 12.1. The highest BCUT2D eigenvalue weighted by Gasteiger charge is 2.46. The topological polar surface area (TPSA) is 76.5 Å². The van der Waals surface area contributed by atoms with Gasteiger partial charge >= 0.3 is 6.09 Å². The molecule has 1 N–H and O–H groups in total. The van der Waals surface area contributed by atoms with E-state index in [4.69, 9.17) is 4.74 Å². The van der Waals surface area contributed by atoms with Crippen LogP contribution in [0.2, 0.25) is 0 Å². The van der Waals surface area contributed by atoms with Gasteiger partial charge in [0, 0.05) is 18.2 Å². The highest BCUT2D eigenvalue weighted by Crippen LogP contribution is 2.49. The summed E-state index contributed by atoms with van der Waals surface area (Å²) in [5, 5.41) is 7.34. The van der Waals surface area contributed by atoms with Crippen molar-refractivity contribution in [1.29, 1.82) is 0 Å². The number of fused-ring (bicyclic) bond motifs is 2. The number of hydrogen-bond acceptors (Lipinski definition) is 4. The average Bonchev–Trinajstić information content (AvgIpc) is 3.26. The number of likely N-dealkylation sites (N-methyl/N-ethyl adjacent to an activating group) is 1. The SMILES string of the molecule is CN(CC(=O)Nc1ccccc1)C(=O)OC1CCCC2=Cc3c(cnn3-c3ccc(F)cc3)CC21C. The van der Waals surface area contributed by atoms with Crippen LogP contribution in [0.5, 0.6) is 0 Å². The minimum atomic E-state index is -0.515. The Bertz CT molecular complexity index is 1300. The van der Waals surface area contributed by atoms with Crippen molar-refractivity contribution in [2.24, 2.45) is 5.41 Å². The van der Waals surface area contributed by atoms with Gasteiger partial charge in [-0.3, -0.25) is 4.79 Å². The van der Waals surface area contributed by atoms with Crippen molar-refractivity contribution in [1.82, 2.24) is 14.7 Å². The van der Waals surface area contributed by atoms with Crippen LogP contribution in [0.1, 0.15) is 37.4 Å². The molecule has 2 aliphatic carbocycles. The van der Waals surface area contributed by atoms with Gasteiger partial charge in [-0.25, -0.2) is 13.9 Å². The lowest BCUT2D eigenvalue weighted by Crippen LogP contribution is -2.46. The van der Waals surface area contributed by atoms with Crippen LogP contribution >= 0.6 is 0 Å². The fraction of sp³-hybridized carbons (Fsp3) is 0.321. The average molecular weight is 489 g/mol. The maximum absolute atomic E-state index is 13.4. The predicted molar refractivity (Wildman–Crippen MR) is 135 cm³/mol. The van der Waals surface area contributed by atoms with Gasteiger partial charge in [0.25, 0.3) is 0 Å². The summed E-state index contributed by atoms with van der Waals surface area (Å²) in [6.45, 7) is 2.03. The maximum Gasteiger partial charge on any atom is 0.410 e. The van der Waals surface area contributed by atoms with Crippen LogP contribution in [0.4, 0.5) is 14.9 Å². The summed E-state index contributed by atoms with van der Waals surface area (Å²) >= 11 is 0. The molecule has 0 saturated heterocycles. The number of nitrogens with one attached hydrogen (secondary N) is 1.